The molecule has 104 valence electrons. The van der Waals surface area contributed by atoms with Crippen LogP contribution in [0.1, 0.15) is 5.56 Å². The molecule has 20 heavy (non-hydrogen) atoms. The number of piperazine rings is 1. The van der Waals surface area contributed by atoms with Gasteiger partial charge in [-0.15, -0.1) is 0 Å². The van der Waals surface area contributed by atoms with Crippen molar-refractivity contribution in [1.29, 1.82) is 0 Å². The molecule has 0 spiro atoms. The van der Waals surface area contributed by atoms with Crippen molar-refractivity contribution in [3.05, 3.63) is 58.6 Å². The van der Waals surface area contributed by atoms with Crippen molar-refractivity contribution in [2.45, 2.75) is 6.54 Å². The van der Waals surface area contributed by atoms with Gasteiger partial charge in [0.2, 0.25) is 0 Å². The third-order valence-corrected chi connectivity index (χ3v) is 3.61. The zero-order valence-electron chi connectivity index (χ0n) is 11.3. The van der Waals surface area contributed by atoms with Crippen LogP contribution in [0.4, 0.5) is 5.82 Å². The van der Waals surface area contributed by atoms with Crippen LogP contribution in [0.15, 0.2) is 47.5 Å². The van der Waals surface area contributed by atoms with Crippen LogP contribution < -0.4 is 10.5 Å². The Hall–Kier alpha value is -2.14. The minimum Gasteiger partial charge on any atom is -0.349 e. The van der Waals surface area contributed by atoms with Gasteiger partial charge in [0.15, 0.2) is 5.82 Å². The van der Waals surface area contributed by atoms with Crippen molar-refractivity contribution in [1.82, 2.24) is 14.9 Å². The number of hydrogen-bond acceptors (Lipinski definition) is 4. The van der Waals surface area contributed by atoms with Crippen molar-refractivity contribution in [2.75, 3.05) is 31.1 Å². The Balaban J connectivity index is 1.60. The summed E-state index contributed by atoms with van der Waals surface area (Å²) >= 11 is 0. The molecule has 0 unspecified atom stereocenters. The van der Waals surface area contributed by atoms with Crippen LogP contribution in [-0.4, -0.2) is 41.0 Å². The van der Waals surface area contributed by atoms with Gasteiger partial charge >= 0.3 is 0 Å². The first-order chi connectivity index (χ1) is 9.83. The molecule has 0 radical (unpaired) electrons. The van der Waals surface area contributed by atoms with Crippen LogP contribution in [0.2, 0.25) is 0 Å². The molecule has 3 rings (SSSR count). The van der Waals surface area contributed by atoms with Crippen molar-refractivity contribution in [3.63, 3.8) is 0 Å². The van der Waals surface area contributed by atoms with Gasteiger partial charge in [0.1, 0.15) is 0 Å². The second-order valence-corrected chi connectivity index (χ2v) is 4.99. The summed E-state index contributed by atoms with van der Waals surface area (Å²) in [6.07, 6.45) is 3.20. The van der Waals surface area contributed by atoms with Crippen LogP contribution >= 0.6 is 0 Å². The average molecular weight is 270 g/mol. The molecule has 1 aliphatic heterocycles. The first kappa shape index (κ1) is 12.9. The summed E-state index contributed by atoms with van der Waals surface area (Å²) in [6.45, 7) is 4.54. The molecule has 1 saturated heterocycles. The monoisotopic (exact) mass is 270 g/mol. The van der Waals surface area contributed by atoms with Crippen molar-refractivity contribution in [2.24, 2.45) is 0 Å². The SMILES string of the molecule is O=c1[nH]ccnc1N1CCN(Cc2ccccc2)CC1. The number of aromatic amines is 1. The summed E-state index contributed by atoms with van der Waals surface area (Å²) in [4.78, 5) is 23.0. The third-order valence-electron chi connectivity index (χ3n) is 3.61. The molecular formula is C15H18N4O. The topological polar surface area (TPSA) is 52.2 Å². The van der Waals surface area contributed by atoms with E-state index in [1.54, 1.807) is 12.4 Å². The molecule has 0 aliphatic carbocycles. The van der Waals surface area contributed by atoms with Gasteiger partial charge in [0, 0.05) is 45.1 Å². The number of H-pyrrole nitrogens is 1. The lowest BCUT2D eigenvalue weighted by Gasteiger charge is -2.34. The van der Waals surface area contributed by atoms with E-state index in [9.17, 15) is 4.79 Å². The van der Waals surface area contributed by atoms with Crippen LogP contribution in [0.5, 0.6) is 0 Å². The first-order valence-electron chi connectivity index (χ1n) is 6.88. The summed E-state index contributed by atoms with van der Waals surface area (Å²) in [7, 11) is 0. The molecule has 1 N–H and O–H groups in total. The van der Waals surface area contributed by atoms with Crippen LogP contribution in [-0.2, 0) is 6.54 Å². The number of nitrogens with one attached hydrogen (secondary N) is 1. The standard InChI is InChI=1S/C15H18N4O/c20-15-14(16-6-7-17-15)19-10-8-18(9-11-19)12-13-4-2-1-3-5-13/h1-7H,8-12H2,(H,17,20). The van der Waals surface area contributed by atoms with E-state index < -0.39 is 0 Å². The predicted molar refractivity (Wildman–Crippen MR) is 78.8 cm³/mol. The maximum Gasteiger partial charge on any atom is 0.290 e. The molecule has 1 aliphatic rings. The Morgan fingerprint density at radius 2 is 1.85 bits per heavy atom. The Bertz CT molecular complexity index is 603. The molecular weight excluding hydrogens is 252 g/mol. The fourth-order valence-corrected chi connectivity index (χ4v) is 2.53. The normalized spacial score (nSPS) is 16.3. The molecule has 1 fully saturated rings. The third kappa shape index (κ3) is 2.88. The van der Waals surface area contributed by atoms with Gasteiger partial charge in [-0.1, -0.05) is 30.3 Å². The van der Waals surface area contributed by atoms with Gasteiger partial charge in [-0.05, 0) is 5.56 Å². The van der Waals surface area contributed by atoms with Gasteiger partial charge < -0.3 is 9.88 Å². The van der Waals surface area contributed by atoms with Crippen LogP contribution in [0, 0.1) is 0 Å². The predicted octanol–water partition coefficient (Wildman–Crippen LogP) is 1.09. The summed E-state index contributed by atoms with van der Waals surface area (Å²) in [5.74, 6) is 0.534. The highest BCUT2D eigenvalue weighted by molar-refractivity contribution is 5.35. The van der Waals surface area contributed by atoms with E-state index in [0.29, 0.717) is 5.82 Å². The number of benzene rings is 1. The summed E-state index contributed by atoms with van der Waals surface area (Å²) in [5.41, 5.74) is 1.22. The lowest BCUT2D eigenvalue weighted by Crippen LogP contribution is -2.47. The van der Waals surface area contributed by atoms with E-state index in [2.05, 4.69) is 44.0 Å². The molecule has 2 aromatic rings. The van der Waals surface area contributed by atoms with Crippen molar-refractivity contribution < 1.29 is 0 Å². The van der Waals surface area contributed by atoms with E-state index in [1.165, 1.54) is 5.56 Å². The van der Waals surface area contributed by atoms with E-state index in [-0.39, 0.29) is 5.56 Å². The van der Waals surface area contributed by atoms with Gasteiger partial charge in [0.25, 0.3) is 5.56 Å². The Morgan fingerprint density at radius 3 is 2.55 bits per heavy atom. The lowest BCUT2D eigenvalue weighted by molar-refractivity contribution is 0.249. The average Bonchev–Trinajstić information content (AvgIpc) is 2.50. The Morgan fingerprint density at radius 1 is 1.10 bits per heavy atom. The van der Waals surface area contributed by atoms with E-state index in [1.807, 2.05) is 6.07 Å². The highest BCUT2D eigenvalue weighted by Gasteiger charge is 2.19. The zero-order chi connectivity index (χ0) is 13.8. The fraction of sp³-hybridized carbons (Fsp3) is 0.333. The summed E-state index contributed by atoms with van der Waals surface area (Å²) < 4.78 is 0. The fourth-order valence-electron chi connectivity index (χ4n) is 2.53. The first-order valence-corrected chi connectivity index (χ1v) is 6.88. The van der Waals surface area contributed by atoms with Gasteiger partial charge in [0.05, 0.1) is 0 Å². The zero-order valence-corrected chi connectivity index (χ0v) is 11.3. The Labute approximate surface area is 117 Å². The number of aromatic nitrogens is 2. The highest BCUT2D eigenvalue weighted by Crippen LogP contribution is 2.11. The maximum absolute atomic E-state index is 11.7. The van der Waals surface area contributed by atoms with Crippen LogP contribution in [0.25, 0.3) is 0 Å². The minimum absolute atomic E-state index is 0.107. The quantitative estimate of drug-likeness (QED) is 0.907. The molecule has 2 heterocycles. The molecule has 1 aromatic carbocycles. The van der Waals surface area contributed by atoms with E-state index in [4.69, 9.17) is 0 Å². The molecule has 0 bridgehead atoms. The van der Waals surface area contributed by atoms with Gasteiger partial charge in [-0.3, -0.25) is 9.69 Å². The molecule has 0 amide bonds. The highest BCUT2D eigenvalue weighted by atomic mass is 16.1. The number of anilines is 1. The number of rotatable bonds is 3. The van der Waals surface area contributed by atoms with Crippen LogP contribution in [0.3, 0.4) is 0 Å². The van der Waals surface area contributed by atoms with E-state index in [0.717, 1.165) is 32.7 Å². The molecule has 1 aromatic heterocycles. The number of nitrogens with zero attached hydrogens (tertiary/aromatic N) is 3. The van der Waals surface area contributed by atoms with Gasteiger partial charge in [-0.25, -0.2) is 4.98 Å². The molecule has 0 atom stereocenters. The van der Waals surface area contributed by atoms with Crippen molar-refractivity contribution in [3.8, 4) is 0 Å². The molecule has 5 heteroatoms. The number of hydrogen-bond donors (Lipinski definition) is 1. The largest absolute Gasteiger partial charge is 0.349 e. The maximum atomic E-state index is 11.7. The summed E-state index contributed by atoms with van der Waals surface area (Å²) in [6, 6.07) is 10.5. The smallest absolute Gasteiger partial charge is 0.290 e. The second kappa shape index (κ2) is 5.88. The Kier molecular flexibility index (Phi) is 3.78. The van der Waals surface area contributed by atoms with E-state index >= 15 is 0 Å². The minimum atomic E-state index is -0.107. The second-order valence-electron chi connectivity index (χ2n) is 4.99. The summed E-state index contributed by atoms with van der Waals surface area (Å²) in [5, 5.41) is 0. The van der Waals surface area contributed by atoms with Gasteiger partial charge in [-0.2, -0.15) is 0 Å². The lowest BCUT2D eigenvalue weighted by atomic mass is 10.2. The molecule has 0 saturated carbocycles. The molecule has 5 nitrogen and oxygen atoms in total. The van der Waals surface area contributed by atoms with Crippen molar-refractivity contribution >= 4 is 5.82 Å².